The summed E-state index contributed by atoms with van der Waals surface area (Å²) in [5.74, 6) is 0. The van der Waals surface area contributed by atoms with Crippen LogP contribution in [0.5, 0.6) is 0 Å². The molecule has 0 aliphatic carbocycles. The minimum absolute atomic E-state index is 0.0527. The van der Waals surface area contributed by atoms with Crippen LogP contribution in [0.1, 0.15) is 31.6 Å². The van der Waals surface area contributed by atoms with E-state index in [0.717, 1.165) is 12.8 Å². The second-order valence-electron chi connectivity index (χ2n) is 4.33. The highest BCUT2D eigenvalue weighted by Crippen LogP contribution is 2.30. The summed E-state index contributed by atoms with van der Waals surface area (Å²) in [6.45, 7) is 4.44. The monoisotopic (exact) mass is 323 g/mol. The fourth-order valence-electron chi connectivity index (χ4n) is 1.76. The number of rotatable bonds is 8. The Bertz CT molecular complexity index is 484. The van der Waals surface area contributed by atoms with Gasteiger partial charge >= 0.3 is 0 Å². The molecule has 0 spiro atoms. The van der Waals surface area contributed by atoms with Crippen molar-refractivity contribution in [2.45, 2.75) is 42.9 Å². The smallest absolute Gasteiger partial charge is 0.241 e. The van der Waals surface area contributed by atoms with Crippen LogP contribution in [-0.4, -0.2) is 31.1 Å². The summed E-state index contributed by atoms with van der Waals surface area (Å²) in [6, 6.07) is 1.52. The van der Waals surface area contributed by atoms with E-state index in [4.69, 9.17) is 5.11 Å². The largest absolute Gasteiger partial charge is 0.391 e. The molecule has 19 heavy (non-hydrogen) atoms. The van der Waals surface area contributed by atoms with Gasteiger partial charge in [-0.3, -0.25) is 0 Å². The zero-order chi connectivity index (χ0) is 14.5. The van der Waals surface area contributed by atoms with Gasteiger partial charge in [-0.1, -0.05) is 13.8 Å². The second kappa shape index (κ2) is 7.08. The van der Waals surface area contributed by atoms with Crippen molar-refractivity contribution < 1.29 is 13.5 Å². The van der Waals surface area contributed by atoms with Gasteiger partial charge in [-0.05, 0) is 25.2 Å². The zero-order valence-corrected chi connectivity index (χ0v) is 13.9. The summed E-state index contributed by atoms with van der Waals surface area (Å²) in [6.07, 6.45) is 3.84. The van der Waals surface area contributed by atoms with Crippen molar-refractivity contribution in [1.82, 2.24) is 4.72 Å². The SMILES string of the molecule is CCC(CC)(CNS(=O)(=O)c1csc(CO)c1)SC. The summed E-state index contributed by atoms with van der Waals surface area (Å²) >= 11 is 2.95. The van der Waals surface area contributed by atoms with Gasteiger partial charge < -0.3 is 5.11 Å². The van der Waals surface area contributed by atoms with E-state index < -0.39 is 10.0 Å². The molecule has 1 rings (SSSR count). The third-order valence-electron chi connectivity index (χ3n) is 3.40. The molecule has 0 atom stereocenters. The predicted octanol–water partition coefficient (Wildman–Crippen LogP) is 2.44. The van der Waals surface area contributed by atoms with Crippen LogP contribution in [0.25, 0.3) is 0 Å². The molecule has 0 saturated carbocycles. The van der Waals surface area contributed by atoms with E-state index in [9.17, 15) is 8.42 Å². The van der Waals surface area contributed by atoms with Crippen LogP contribution in [0.3, 0.4) is 0 Å². The lowest BCUT2D eigenvalue weighted by molar-refractivity contribution is 0.285. The van der Waals surface area contributed by atoms with Gasteiger partial charge in [0.2, 0.25) is 10.0 Å². The second-order valence-corrected chi connectivity index (χ2v) is 8.36. The fraction of sp³-hybridized carbons (Fsp3) is 0.667. The minimum Gasteiger partial charge on any atom is -0.391 e. The number of thioether (sulfide) groups is 1. The zero-order valence-electron chi connectivity index (χ0n) is 11.5. The summed E-state index contributed by atoms with van der Waals surface area (Å²) in [5.41, 5.74) is 0. The Morgan fingerprint density at radius 2 is 2.05 bits per heavy atom. The summed E-state index contributed by atoms with van der Waals surface area (Å²) in [5, 5.41) is 10.5. The van der Waals surface area contributed by atoms with Crippen LogP contribution in [0.15, 0.2) is 16.3 Å². The Morgan fingerprint density at radius 1 is 1.42 bits per heavy atom. The normalized spacial score (nSPS) is 12.8. The molecule has 110 valence electrons. The van der Waals surface area contributed by atoms with Crippen molar-refractivity contribution in [3.05, 3.63) is 16.3 Å². The molecule has 0 aliphatic rings. The number of nitrogens with one attached hydrogen (secondary N) is 1. The van der Waals surface area contributed by atoms with Gasteiger partial charge in [0, 0.05) is 21.5 Å². The molecule has 0 aromatic carbocycles. The molecule has 0 amide bonds. The van der Waals surface area contributed by atoms with Gasteiger partial charge in [-0.2, -0.15) is 11.8 Å². The number of thiophene rings is 1. The van der Waals surface area contributed by atoms with E-state index in [-0.39, 0.29) is 16.2 Å². The van der Waals surface area contributed by atoms with Gasteiger partial charge in [0.15, 0.2) is 0 Å². The van der Waals surface area contributed by atoms with Crippen molar-refractivity contribution >= 4 is 33.1 Å². The maximum absolute atomic E-state index is 12.2. The molecule has 0 radical (unpaired) electrons. The average Bonchev–Trinajstić information content (AvgIpc) is 2.90. The van der Waals surface area contributed by atoms with E-state index in [1.165, 1.54) is 17.4 Å². The predicted molar refractivity (Wildman–Crippen MR) is 82.3 cm³/mol. The lowest BCUT2D eigenvalue weighted by atomic mass is 10.0. The number of hydrogen-bond acceptors (Lipinski definition) is 5. The van der Waals surface area contributed by atoms with Gasteiger partial charge in [0.05, 0.1) is 11.5 Å². The first-order valence-corrected chi connectivity index (χ1v) is 9.75. The lowest BCUT2D eigenvalue weighted by Crippen LogP contribution is -2.39. The van der Waals surface area contributed by atoms with E-state index in [1.54, 1.807) is 17.1 Å². The van der Waals surface area contributed by atoms with Crippen molar-refractivity contribution in [3.63, 3.8) is 0 Å². The molecule has 0 aliphatic heterocycles. The fourth-order valence-corrected chi connectivity index (χ4v) is 4.90. The Balaban J connectivity index is 2.80. The Hall–Kier alpha value is -0.0800. The molecular formula is C12H21NO3S3. The van der Waals surface area contributed by atoms with Crippen LogP contribution in [-0.2, 0) is 16.6 Å². The van der Waals surface area contributed by atoms with Gasteiger partial charge in [0.1, 0.15) is 0 Å². The number of hydrogen-bond donors (Lipinski definition) is 2. The van der Waals surface area contributed by atoms with Crippen LogP contribution >= 0.6 is 23.1 Å². The number of aliphatic hydroxyl groups is 1. The van der Waals surface area contributed by atoms with E-state index in [0.29, 0.717) is 11.4 Å². The average molecular weight is 324 g/mol. The highest BCUT2D eigenvalue weighted by Gasteiger charge is 2.27. The molecule has 2 N–H and O–H groups in total. The van der Waals surface area contributed by atoms with Crippen LogP contribution < -0.4 is 4.72 Å². The maximum atomic E-state index is 12.2. The number of aliphatic hydroxyl groups excluding tert-OH is 1. The molecule has 7 heteroatoms. The number of sulfonamides is 1. The molecule has 0 saturated heterocycles. The topological polar surface area (TPSA) is 66.4 Å². The van der Waals surface area contributed by atoms with Crippen molar-refractivity contribution in [2.75, 3.05) is 12.8 Å². The van der Waals surface area contributed by atoms with Crippen LogP contribution in [0.2, 0.25) is 0 Å². The van der Waals surface area contributed by atoms with Crippen LogP contribution in [0, 0.1) is 0 Å². The first kappa shape index (κ1) is 17.0. The van der Waals surface area contributed by atoms with E-state index in [1.807, 2.05) is 6.26 Å². The summed E-state index contributed by atoms with van der Waals surface area (Å²) < 4.78 is 27.0. The summed E-state index contributed by atoms with van der Waals surface area (Å²) in [7, 11) is -3.48. The van der Waals surface area contributed by atoms with Gasteiger partial charge in [-0.15, -0.1) is 11.3 Å². The lowest BCUT2D eigenvalue weighted by Gasteiger charge is -2.29. The quantitative estimate of drug-likeness (QED) is 0.771. The highest BCUT2D eigenvalue weighted by atomic mass is 32.2. The standard InChI is InChI=1S/C12H21NO3S3/c1-4-12(5-2,17-3)9-13-19(15,16)11-6-10(7-14)18-8-11/h6,8,13-14H,4-5,7,9H2,1-3H3. The van der Waals surface area contributed by atoms with Crippen molar-refractivity contribution in [3.8, 4) is 0 Å². The first-order chi connectivity index (χ1) is 8.93. The molecule has 0 bridgehead atoms. The first-order valence-electron chi connectivity index (χ1n) is 6.16. The minimum atomic E-state index is -3.48. The van der Waals surface area contributed by atoms with Gasteiger partial charge in [-0.25, -0.2) is 13.1 Å². The summed E-state index contributed by atoms with van der Waals surface area (Å²) in [4.78, 5) is 0.895. The van der Waals surface area contributed by atoms with Crippen molar-refractivity contribution in [2.24, 2.45) is 0 Å². The van der Waals surface area contributed by atoms with Crippen molar-refractivity contribution in [1.29, 1.82) is 0 Å². The molecule has 1 aromatic rings. The molecule has 0 fully saturated rings. The molecular weight excluding hydrogens is 302 g/mol. The highest BCUT2D eigenvalue weighted by molar-refractivity contribution is 8.00. The molecule has 4 nitrogen and oxygen atoms in total. The van der Waals surface area contributed by atoms with Crippen LogP contribution in [0.4, 0.5) is 0 Å². The maximum Gasteiger partial charge on any atom is 0.241 e. The third kappa shape index (κ3) is 4.19. The molecule has 0 unspecified atom stereocenters. The van der Waals surface area contributed by atoms with E-state index in [2.05, 4.69) is 18.6 Å². The van der Waals surface area contributed by atoms with E-state index >= 15 is 0 Å². The third-order valence-corrected chi connectivity index (χ3v) is 7.44. The Morgan fingerprint density at radius 3 is 2.47 bits per heavy atom. The Kier molecular flexibility index (Phi) is 6.32. The Labute approximate surface area is 123 Å². The molecule has 1 aromatic heterocycles. The van der Waals surface area contributed by atoms with Gasteiger partial charge in [0.25, 0.3) is 0 Å². The molecule has 1 heterocycles.